The Morgan fingerprint density at radius 1 is 1.29 bits per heavy atom. The second-order valence-corrected chi connectivity index (χ2v) is 4.05. The Labute approximate surface area is 86.0 Å². The summed E-state index contributed by atoms with van der Waals surface area (Å²) in [4.78, 5) is 10.0. The van der Waals surface area contributed by atoms with Gasteiger partial charge in [0.05, 0.1) is 4.92 Å². The summed E-state index contributed by atoms with van der Waals surface area (Å²) in [5.41, 5.74) is 2.53. The minimum atomic E-state index is -0.373. The van der Waals surface area contributed by atoms with Crippen molar-refractivity contribution in [2.24, 2.45) is 0 Å². The lowest BCUT2D eigenvalue weighted by Gasteiger charge is -1.99. The highest BCUT2D eigenvalue weighted by Crippen LogP contribution is 2.30. The first-order valence-electron chi connectivity index (χ1n) is 4.33. The van der Waals surface area contributed by atoms with Gasteiger partial charge in [0, 0.05) is 17.9 Å². The van der Waals surface area contributed by atoms with Crippen molar-refractivity contribution >= 4 is 23.0 Å². The van der Waals surface area contributed by atoms with Crippen LogP contribution in [0.15, 0.2) is 29.7 Å². The highest BCUT2D eigenvalue weighted by Gasteiger charge is 2.09. The maximum Gasteiger partial charge on any atom is 0.269 e. The van der Waals surface area contributed by atoms with E-state index in [1.54, 1.807) is 23.9 Å². The molecule has 1 aromatic rings. The van der Waals surface area contributed by atoms with Crippen LogP contribution < -0.4 is 0 Å². The molecule has 4 heteroatoms. The topological polar surface area (TPSA) is 43.1 Å². The molecule has 0 saturated carbocycles. The second-order valence-electron chi connectivity index (χ2n) is 3.07. The van der Waals surface area contributed by atoms with Crippen LogP contribution in [0.25, 0.3) is 5.57 Å². The number of hydrogen-bond acceptors (Lipinski definition) is 3. The first-order valence-corrected chi connectivity index (χ1v) is 5.38. The van der Waals surface area contributed by atoms with Gasteiger partial charge in [-0.25, -0.2) is 0 Å². The Balaban J connectivity index is 2.25. The Morgan fingerprint density at radius 2 is 2.00 bits per heavy atom. The number of thioether (sulfide) groups is 1. The third-order valence-corrected chi connectivity index (χ3v) is 3.05. The largest absolute Gasteiger partial charge is 0.269 e. The molecule has 14 heavy (non-hydrogen) atoms. The molecule has 0 saturated heterocycles. The Bertz CT molecular complexity index is 384. The molecule has 1 aromatic carbocycles. The molecular weight excluding hydrogens is 198 g/mol. The average molecular weight is 207 g/mol. The summed E-state index contributed by atoms with van der Waals surface area (Å²) in [6.45, 7) is 0. The average Bonchev–Trinajstić information content (AvgIpc) is 2.71. The summed E-state index contributed by atoms with van der Waals surface area (Å²) < 4.78 is 0. The maximum atomic E-state index is 10.4. The van der Waals surface area contributed by atoms with E-state index in [0.717, 1.165) is 17.7 Å². The van der Waals surface area contributed by atoms with E-state index < -0.39 is 0 Å². The van der Waals surface area contributed by atoms with Gasteiger partial charge in [-0.1, -0.05) is 0 Å². The highest BCUT2D eigenvalue weighted by molar-refractivity contribution is 8.02. The van der Waals surface area contributed by atoms with Crippen molar-refractivity contribution in [2.75, 3.05) is 5.75 Å². The summed E-state index contributed by atoms with van der Waals surface area (Å²) in [5.74, 6) is 1.12. The van der Waals surface area contributed by atoms with Gasteiger partial charge in [-0.05, 0) is 35.1 Å². The van der Waals surface area contributed by atoms with E-state index in [1.165, 1.54) is 5.57 Å². The zero-order chi connectivity index (χ0) is 9.97. The Kier molecular flexibility index (Phi) is 2.54. The van der Waals surface area contributed by atoms with E-state index in [0.29, 0.717) is 0 Å². The summed E-state index contributed by atoms with van der Waals surface area (Å²) in [7, 11) is 0. The summed E-state index contributed by atoms with van der Waals surface area (Å²) in [5, 5.41) is 12.5. The molecular formula is C10H9NO2S. The number of benzene rings is 1. The molecule has 0 radical (unpaired) electrons. The zero-order valence-electron chi connectivity index (χ0n) is 7.47. The van der Waals surface area contributed by atoms with Gasteiger partial charge in [-0.3, -0.25) is 10.1 Å². The lowest BCUT2D eigenvalue weighted by Crippen LogP contribution is -1.88. The molecule has 0 atom stereocenters. The molecule has 3 nitrogen and oxygen atoms in total. The fraction of sp³-hybridized carbons (Fsp3) is 0.200. The van der Waals surface area contributed by atoms with Crippen LogP contribution in [0, 0.1) is 10.1 Å². The van der Waals surface area contributed by atoms with E-state index >= 15 is 0 Å². The number of non-ortho nitro benzene ring substituents is 1. The van der Waals surface area contributed by atoms with Gasteiger partial charge in [-0.2, -0.15) is 0 Å². The van der Waals surface area contributed by atoms with E-state index in [2.05, 4.69) is 5.41 Å². The van der Waals surface area contributed by atoms with Crippen LogP contribution in [0.5, 0.6) is 0 Å². The molecule has 1 heterocycles. The molecule has 0 amide bonds. The van der Waals surface area contributed by atoms with Crippen molar-refractivity contribution in [3.8, 4) is 0 Å². The smallest absolute Gasteiger partial charge is 0.258 e. The first-order chi connectivity index (χ1) is 6.77. The predicted octanol–water partition coefficient (Wildman–Crippen LogP) is 3.07. The lowest BCUT2D eigenvalue weighted by atomic mass is 10.1. The predicted molar refractivity (Wildman–Crippen MR) is 58.1 cm³/mol. The van der Waals surface area contributed by atoms with Gasteiger partial charge in [0.2, 0.25) is 0 Å². The van der Waals surface area contributed by atoms with Gasteiger partial charge in [0.15, 0.2) is 0 Å². The minimum Gasteiger partial charge on any atom is -0.258 e. The van der Waals surface area contributed by atoms with Crippen molar-refractivity contribution in [2.45, 2.75) is 6.42 Å². The van der Waals surface area contributed by atoms with Crippen LogP contribution in [0.2, 0.25) is 0 Å². The Hall–Kier alpha value is -1.29. The molecule has 1 aliphatic heterocycles. The van der Waals surface area contributed by atoms with E-state index in [1.807, 2.05) is 12.1 Å². The van der Waals surface area contributed by atoms with Gasteiger partial charge in [-0.15, -0.1) is 11.8 Å². The minimum absolute atomic E-state index is 0.153. The summed E-state index contributed by atoms with van der Waals surface area (Å²) in [6, 6.07) is 6.74. The fourth-order valence-corrected chi connectivity index (χ4v) is 2.31. The first kappa shape index (κ1) is 9.27. The van der Waals surface area contributed by atoms with Crippen molar-refractivity contribution < 1.29 is 4.92 Å². The SMILES string of the molecule is O=[N+]([O-])c1ccc(C2=CSCC2)cc1. The Morgan fingerprint density at radius 3 is 2.50 bits per heavy atom. The van der Waals surface area contributed by atoms with Gasteiger partial charge < -0.3 is 0 Å². The van der Waals surface area contributed by atoms with Crippen molar-refractivity contribution in [1.29, 1.82) is 0 Å². The van der Waals surface area contributed by atoms with E-state index in [4.69, 9.17) is 0 Å². The quantitative estimate of drug-likeness (QED) is 0.553. The zero-order valence-corrected chi connectivity index (χ0v) is 8.29. The molecule has 0 N–H and O–H groups in total. The number of rotatable bonds is 2. The van der Waals surface area contributed by atoms with Crippen molar-refractivity contribution in [3.05, 3.63) is 45.4 Å². The molecule has 1 aliphatic rings. The van der Waals surface area contributed by atoms with Crippen LogP contribution in [-0.4, -0.2) is 10.7 Å². The van der Waals surface area contributed by atoms with Crippen molar-refractivity contribution in [3.63, 3.8) is 0 Å². The van der Waals surface area contributed by atoms with Crippen LogP contribution in [0.4, 0.5) is 5.69 Å². The van der Waals surface area contributed by atoms with Crippen LogP contribution in [0.3, 0.4) is 0 Å². The van der Waals surface area contributed by atoms with Crippen LogP contribution in [0.1, 0.15) is 12.0 Å². The number of allylic oxidation sites excluding steroid dienone is 1. The summed E-state index contributed by atoms with van der Waals surface area (Å²) in [6.07, 6.45) is 1.06. The molecule has 0 bridgehead atoms. The molecule has 0 spiro atoms. The standard InChI is InChI=1S/C10H9NO2S/c12-11(13)10-3-1-8(2-4-10)9-5-6-14-7-9/h1-4,7H,5-6H2. The van der Waals surface area contributed by atoms with Crippen LogP contribution >= 0.6 is 11.8 Å². The summed E-state index contributed by atoms with van der Waals surface area (Å²) >= 11 is 1.79. The van der Waals surface area contributed by atoms with E-state index in [-0.39, 0.29) is 10.6 Å². The molecule has 72 valence electrons. The molecule has 0 unspecified atom stereocenters. The van der Waals surface area contributed by atoms with E-state index in [9.17, 15) is 10.1 Å². The monoisotopic (exact) mass is 207 g/mol. The molecule has 0 aliphatic carbocycles. The van der Waals surface area contributed by atoms with Gasteiger partial charge in [0.25, 0.3) is 5.69 Å². The van der Waals surface area contributed by atoms with Crippen molar-refractivity contribution in [1.82, 2.24) is 0 Å². The van der Waals surface area contributed by atoms with Crippen LogP contribution in [-0.2, 0) is 0 Å². The lowest BCUT2D eigenvalue weighted by molar-refractivity contribution is -0.384. The maximum absolute atomic E-state index is 10.4. The highest BCUT2D eigenvalue weighted by atomic mass is 32.2. The number of nitro groups is 1. The van der Waals surface area contributed by atoms with Gasteiger partial charge >= 0.3 is 0 Å². The molecule has 2 rings (SSSR count). The third kappa shape index (κ3) is 1.80. The van der Waals surface area contributed by atoms with Gasteiger partial charge in [0.1, 0.15) is 0 Å². The second kappa shape index (κ2) is 3.84. The third-order valence-electron chi connectivity index (χ3n) is 2.16. The number of hydrogen-bond donors (Lipinski definition) is 0. The fourth-order valence-electron chi connectivity index (χ4n) is 1.40. The number of nitrogens with zero attached hydrogens (tertiary/aromatic N) is 1. The normalized spacial score (nSPS) is 15.3. The number of nitro benzene ring substituents is 1. The molecule has 0 fully saturated rings. The molecule has 0 aromatic heterocycles.